The molecule has 0 heterocycles. The lowest BCUT2D eigenvalue weighted by molar-refractivity contribution is 0.0421. The van der Waals surface area contributed by atoms with Crippen molar-refractivity contribution >= 4 is 5.69 Å². The van der Waals surface area contributed by atoms with Gasteiger partial charge in [-0.3, -0.25) is 0 Å². The zero-order valence-electron chi connectivity index (χ0n) is 10.8. The molecule has 19 heavy (non-hydrogen) atoms. The molecule has 2 N–H and O–H groups in total. The van der Waals surface area contributed by atoms with Crippen LogP contribution in [0.1, 0.15) is 19.8 Å². The molecule has 0 amide bonds. The Morgan fingerprint density at radius 2 is 1.89 bits per heavy atom. The van der Waals surface area contributed by atoms with Gasteiger partial charge in [-0.15, -0.1) is 0 Å². The van der Waals surface area contributed by atoms with Gasteiger partial charge in [0.05, 0.1) is 12.7 Å². The van der Waals surface area contributed by atoms with Gasteiger partial charge in [0.1, 0.15) is 0 Å². The van der Waals surface area contributed by atoms with E-state index in [1.54, 1.807) is 0 Å². The van der Waals surface area contributed by atoms with E-state index in [1.165, 1.54) is 0 Å². The molecule has 0 aliphatic heterocycles. The molecule has 1 unspecified atom stereocenters. The summed E-state index contributed by atoms with van der Waals surface area (Å²) in [5.41, 5.74) is 0.0732. The van der Waals surface area contributed by atoms with Crippen molar-refractivity contribution in [3.63, 3.8) is 0 Å². The molecular weight excluding hydrogens is 259 g/mol. The smallest absolute Gasteiger partial charge is 0.194 e. The van der Waals surface area contributed by atoms with E-state index < -0.39 is 23.6 Å². The summed E-state index contributed by atoms with van der Waals surface area (Å²) in [7, 11) is 0. The van der Waals surface area contributed by atoms with Crippen LogP contribution in [-0.4, -0.2) is 31.0 Å². The summed E-state index contributed by atoms with van der Waals surface area (Å²) in [5.74, 6) is -4.04. The lowest BCUT2D eigenvalue weighted by Gasteiger charge is -2.13. The molecule has 0 aromatic heterocycles. The third-order valence-electron chi connectivity index (χ3n) is 2.48. The summed E-state index contributed by atoms with van der Waals surface area (Å²) in [6.45, 7) is 2.79. The number of aliphatic hydroxyl groups excluding tert-OH is 1. The van der Waals surface area contributed by atoms with Gasteiger partial charge in [-0.05, 0) is 6.42 Å². The largest absolute Gasteiger partial charge is 0.389 e. The number of aliphatic hydroxyl groups is 1. The van der Waals surface area contributed by atoms with Crippen molar-refractivity contribution in [1.82, 2.24) is 0 Å². The van der Waals surface area contributed by atoms with Gasteiger partial charge < -0.3 is 15.2 Å². The van der Waals surface area contributed by atoms with E-state index in [4.69, 9.17) is 4.74 Å². The molecule has 0 bridgehead atoms. The van der Waals surface area contributed by atoms with Gasteiger partial charge in [0.15, 0.2) is 17.5 Å². The van der Waals surface area contributed by atoms with E-state index in [1.807, 2.05) is 6.92 Å². The SMILES string of the molecule is CCCCOCC(O)CNc1cc(F)c(F)c(F)c1. The van der Waals surface area contributed by atoms with Crippen LogP contribution in [0, 0.1) is 17.5 Å². The van der Waals surface area contributed by atoms with Crippen LogP contribution >= 0.6 is 0 Å². The topological polar surface area (TPSA) is 41.5 Å². The lowest BCUT2D eigenvalue weighted by Crippen LogP contribution is -2.25. The van der Waals surface area contributed by atoms with Gasteiger partial charge >= 0.3 is 0 Å². The number of nitrogens with one attached hydrogen (secondary N) is 1. The average molecular weight is 277 g/mol. The molecule has 0 aliphatic rings. The van der Waals surface area contributed by atoms with Crippen molar-refractivity contribution < 1.29 is 23.0 Å². The monoisotopic (exact) mass is 277 g/mol. The molecule has 1 aromatic carbocycles. The first-order chi connectivity index (χ1) is 9.04. The normalized spacial score (nSPS) is 12.5. The highest BCUT2D eigenvalue weighted by Crippen LogP contribution is 2.17. The number of benzene rings is 1. The molecule has 1 atom stereocenters. The van der Waals surface area contributed by atoms with Crippen LogP contribution in [0.4, 0.5) is 18.9 Å². The van der Waals surface area contributed by atoms with E-state index in [9.17, 15) is 18.3 Å². The first-order valence-corrected chi connectivity index (χ1v) is 6.18. The van der Waals surface area contributed by atoms with Crippen LogP contribution < -0.4 is 5.32 Å². The summed E-state index contributed by atoms with van der Waals surface area (Å²) in [4.78, 5) is 0. The van der Waals surface area contributed by atoms with Gasteiger partial charge in [0.25, 0.3) is 0 Å². The zero-order valence-corrected chi connectivity index (χ0v) is 10.8. The maximum Gasteiger partial charge on any atom is 0.194 e. The highest BCUT2D eigenvalue weighted by Gasteiger charge is 2.11. The zero-order chi connectivity index (χ0) is 14.3. The first-order valence-electron chi connectivity index (χ1n) is 6.18. The Hall–Kier alpha value is -1.27. The van der Waals surface area contributed by atoms with Gasteiger partial charge in [0, 0.05) is 31.0 Å². The van der Waals surface area contributed by atoms with Crippen molar-refractivity contribution in [2.45, 2.75) is 25.9 Å². The van der Waals surface area contributed by atoms with E-state index >= 15 is 0 Å². The Kier molecular flexibility index (Phi) is 6.66. The fourth-order valence-electron chi connectivity index (χ4n) is 1.42. The number of unbranched alkanes of at least 4 members (excludes halogenated alkanes) is 1. The highest BCUT2D eigenvalue weighted by atomic mass is 19.2. The number of hydrogen-bond acceptors (Lipinski definition) is 3. The van der Waals surface area contributed by atoms with Gasteiger partial charge in [0.2, 0.25) is 0 Å². The summed E-state index contributed by atoms with van der Waals surface area (Å²) in [6, 6.07) is 1.67. The first kappa shape index (κ1) is 15.8. The molecule has 1 aromatic rings. The lowest BCUT2D eigenvalue weighted by atomic mass is 10.2. The van der Waals surface area contributed by atoms with Gasteiger partial charge in [-0.2, -0.15) is 0 Å². The van der Waals surface area contributed by atoms with Crippen LogP contribution in [0.5, 0.6) is 0 Å². The Labute approximate surface area is 110 Å². The Bertz CT molecular complexity index is 378. The second-order valence-corrected chi connectivity index (χ2v) is 4.22. The van der Waals surface area contributed by atoms with Gasteiger partial charge in [-0.25, -0.2) is 13.2 Å². The summed E-state index contributed by atoms with van der Waals surface area (Å²) < 4.78 is 43.7. The third kappa shape index (κ3) is 5.48. The molecule has 0 fully saturated rings. The highest BCUT2D eigenvalue weighted by molar-refractivity contribution is 5.44. The summed E-state index contributed by atoms with van der Waals surface area (Å²) in [6.07, 6.45) is 1.12. The summed E-state index contributed by atoms with van der Waals surface area (Å²) >= 11 is 0. The quantitative estimate of drug-likeness (QED) is 0.567. The predicted octanol–water partition coefficient (Wildman–Crippen LogP) is 2.69. The van der Waals surface area contributed by atoms with Crippen molar-refractivity contribution in [3.8, 4) is 0 Å². The van der Waals surface area contributed by atoms with Crippen LogP contribution in [0.25, 0.3) is 0 Å². The number of rotatable bonds is 8. The fraction of sp³-hybridized carbons (Fsp3) is 0.538. The van der Waals surface area contributed by atoms with Crippen LogP contribution in [0.3, 0.4) is 0 Å². The maximum absolute atomic E-state index is 12.9. The Morgan fingerprint density at radius 1 is 1.26 bits per heavy atom. The molecule has 0 radical (unpaired) electrons. The predicted molar refractivity (Wildman–Crippen MR) is 66.5 cm³/mol. The summed E-state index contributed by atoms with van der Waals surface area (Å²) in [5, 5.41) is 12.2. The van der Waals surface area contributed by atoms with Crippen molar-refractivity contribution in [1.29, 1.82) is 0 Å². The Balaban J connectivity index is 2.36. The molecule has 1 rings (SSSR count). The molecule has 108 valence electrons. The van der Waals surface area contributed by atoms with Crippen LogP contribution in [0.15, 0.2) is 12.1 Å². The van der Waals surface area contributed by atoms with Gasteiger partial charge in [-0.1, -0.05) is 13.3 Å². The number of ether oxygens (including phenoxy) is 1. The molecule has 0 aliphatic carbocycles. The fourth-order valence-corrected chi connectivity index (χ4v) is 1.42. The second-order valence-electron chi connectivity index (χ2n) is 4.22. The molecule has 0 spiro atoms. The van der Waals surface area contributed by atoms with Crippen molar-refractivity contribution in [2.75, 3.05) is 25.1 Å². The van der Waals surface area contributed by atoms with Crippen LogP contribution in [-0.2, 0) is 4.74 Å². The van der Waals surface area contributed by atoms with Crippen molar-refractivity contribution in [2.24, 2.45) is 0 Å². The third-order valence-corrected chi connectivity index (χ3v) is 2.48. The average Bonchev–Trinajstić information content (AvgIpc) is 2.38. The molecule has 0 saturated heterocycles. The molecular formula is C13H18F3NO2. The van der Waals surface area contributed by atoms with E-state index in [0.29, 0.717) is 6.61 Å². The minimum absolute atomic E-state index is 0.0661. The van der Waals surface area contributed by atoms with E-state index in [2.05, 4.69) is 5.32 Å². The van der Waals surface area contributed by atoms with E-state index in [-0.39, 0.29) is 18.8 Å². The van der Waals surface area contributed by atoms with Crippen LogP contribution in [0.2, 0.25) is 0 Å². The molecule has 0 saturated carbocycles. The maximum atomic E-state index is 12.9. The van der Waals surface area contributed by atoms with E-state index in [0.717, 1.165) is 25.0 Å². The Morgan fingerprint density at radius 3 is 2.47 bits per heavy atom. The minimum atomic E-state index is -1.51. The second kappa shape index (κ2) is 8.01. The minimum Gasteiger partial charge on any atom is -0.389 e. The standard InChI is InChI=1S/C13H18F3NO2/c1-2-3-4-19-8-10(18)7-17-9-5-11(14)13(16)12(15)6-9/h5-6,10,17-18H,2-4,7-8H2,1H3. The number of hydrogen-bond donors (Lipinski definition) is 2. The molecule has 6 heteroatoms. The number of halogens is 3. The molecule has 3 nitrogen and oxygen atoms in total. The van der Waals surface area contributed by atoms with Crippen molar-refractivity contribution in [3.05, 3.63) is 29.6 Å². The number of anilines is 1.